The zero-order chi connectivity index (χ0) is 7.68. The molecule has 2 atom stereocenters. The number of piperidine rings is 1. The molecule has 2 aliphatic heterocycles. The monoisotopic (exact) mass is 151 g/mol. The highest BCUT2D eigenvalue weighted by atomic mass is 15.2. The van der Waals surface area contributed by atoms with E-state index >= 15 is 0 Å². The van der Waals surface area contributed by atoms with Crippen molar-refractivity contribution in [3.05, 3.63) is 12.7 Å². The van der Waals surface area contributed by atoms with E-state index in [-0.39, 0.29) is 0 Å². The van der Waals surface area contributed by atoms with Crippen LogP contribution in [0, 0.1) is 5.92 Å². The Morgan fingerprint density at radius 2 is 2.09 bits per heavy atom. The Bertz CT molecular complexity index is 153. The van der Waals surface area contributed by atoms with Crippen LogP contribution >= 0.6 is 0 Å². The van der Waals surface area contributed by atoms with E-state index in [1.54, 1.807) is 0 Å². The normalized spacial score (nSPS) is 38.5. The lowest BCUT2D eigenvalue weighted by Gasteiger charge is -2.31. The maximum Gasteiger partial charge on any atom is 0.0158 e. The molecule has 0 aliphatic carbocycles. The molecule has 0 radical (unpaired) electrons. The van der Waals surface area contributed by atoms with Crippen LogP contribution in [0.25, 0.3) is 0 Å². The Balaban J connectivity index is 2.03. The first-order valence-electron chi connectivity index (χ1n) is 4.78. The van der Waals surface area contributed by atoms with Gasteiger partial charge in [-0.1, -0.05) is 12.5 Å². The average Bonchev–Trinajstić information content (AvgIpc) is 2.47. The summed E-state index contributed by atoms with van der Waals surface area (Å²) in [7, 11) is 0. The minimum atomic E-state index is 0.801. The van der Waals surface area contributed by atoms with Crippen LogP contribution < -0.4 is 0 Å². The van der Waals surface area contributed by atoms with E-state index in [1.807, 2.05) is 0 Å². The van der Waals surface area contributed by atoms with Gasteiger partial charge in [0.05, 0.1) is 0 Å². The van der Waals surface area contributed by atoms with Crippen molar-refractivity contribution in [2.45, 2.75) is 31.7 Å². The highest BCUT2D eigenvalue weighted by Gasteiger charge is 2.33. The Morgan fingerprint density at radius 3 is 2.91 bits per heavy atom. The molecule has 2 rings (SSSR count). The van der Waals surface area contributed by atoms with Crippen LogP contribution in [-0.4, -0.2) is 24.0 Å². The van der Waals surface area contributed by atoms with Gasteiger partial charge in [0.1, 0.15) is 0 Å². The first kappa shape index (κ1) is 7.35. The first-order chi connectivity index (χ1) is 5.42. The van der Waals surface area contributed by atoms with E-state index in [1.165, 1.54) is 38.8 Å². The quantitative estimate of drug-likeness (QED) is 0.518. The van der Waals surface area contributed by atoms with E-state index in [4.69, 9.17) is 0 Å². The van der Waals surface area contributed by atoms with Gasteiger partial charge >= 0.3 is 0 Å². The third-order valence-electron chi connectivity index (χ3n) is 3.21. The van der Waals surface area contributed by atoms with Crippen molar-refractivity contribution in [3.8, 4) is 0 Å². The zero-order valence-corrected chi connectivity index (χ0v) is 7.13. The second kappa shape index (κ2) is 2.98. The predicted octanol–water partition coefficient (Wildman–Crippen LogP) is 2.05. The lowest BCUT2D eigenvalue weighted by molar-refractivity contribution is 0.183. The Labute approximate surface area is 69.1 Å². The molecule has 0 aromatic carbocycles. The first-order valence-corrected chi connectivity index (χ1v) is 4.78. The summed E-state index contributed by atoms with van der Waals surface area (Å²) in [6.45, 7) is 6.57. The molecule has 62 valence electrons. The molecule has 0 saturated carbocycles. The summed E-state index contributed by atoms with van der Waals surface area (Å²) in [4.78, 5) is 2.65. The van der Waals surface area contributed by atoms with Gasteiger partial charge in [0.2, 0.25) is 0 Å². The van der Waals surface area contributed by atoms with Crippen LogP contribution in [0.15, 0.2) is 12.7 Å². The number of fused-ring (bicyclic) bond motifs is 1. The number of hydrogen-bond donors (Lipinski definition) is 0. The molecule has 1 heteroatoms. The van der Waals surface area contributed by atoms with Crippen LogP contribution in [0.1, 0.15) is 25.7 Å². The largest absolute Gasteiger partial charge is 0.300 e. The standard InChI is InChI=1S/C10H17N/c1-2-9-6-8-11-7-4-3-5-10(9)11/h2,9-10H,1,3-8H2/t9-,10-/m0/s1. The minimum Gasteiger partial charge on any atom is -0.300 e. The van der Waals surface area contributed by atoms with Gasteiger partial charge in [-0.25, -0.2) is 0 Å². The van der Waals surface area contributed by atoms with Crippen molar-refractivity contribution in [2.24, 2.45) is 5.92 Å². The molecule has 0 aromatic rings. The molecule has 1 nitrogen and oxygen atoms in total. The summed E-state index contributed by atoms with van der Waals surface area (Å²) < 4.78 is 0. The van der Waals surface area contributed by atoms with Crippen molar-refractivity contribution in [1.29, 1.82) is 0 Å². The summed E-state index contributed by atoms with van der Waals surface area (Å²) in [5.74, 6) is 0.801. The van der Waals surface area contributed by atoms with Gasteiger partial charge in [-0.3, -0.25) is 4.90 Å². The molecule has 2 aliphatic rings. The van der Waals surface area contributed by atoms with Crippen molar-refractivity contribution in [3.63, 3.8) is 0 Å². The van der Waals surface area contributed by atoms with Crippen LogP contribution in [0.5, 0.6) is 0 Å². The van der Waals surface area contributed by atoms with Crippen molar-refractivity contribution < 1.29 is 0 Å². The Kier molecular flexibility index (Phi) is 1.99. The molecule has 2 fully saturated rings. The topological polar surface area (TPSA) is 3.24 Å². The van der Waals surface area contributed by atoms with Crippen LogP contribution in [0.3, 0.4) is 0 Å². The van der Waals surface area contributed by atoms with Gasteiger partial charge < -0.3 is 0 Å². The molecular formula is C10H17N. The van der Waals surface area contributed by atoms with Gasteiger partial charge in [-0.15, -0.1) is 6.58 Å². The number of rotatable bonds is 1. The second-order valence-corrected chi connectivity index (χ2v) is 3.79. The van der Waals surface area contributed by atoms with Crippen molar-refractivity contribution in [1.82, 2.24) is 4.90 Å². The smallest absolute Gasteiger partial charge is 0.0158 e. The van der Waals surface area contributed by atoms with Gasteiger partial charge in [-0.2, -0.15) is 0 Å². The average molecular weight is 151 g/mol. The van der Waals surface area contributed by atoms with E-state index < -0.39 is 0 Å². The van der Waals surface area contributed by atoms with E-state index in [2.05, 4.69) is 17.6 Å². The summed E-state index contributed by atoms with van der Waals surface area (Å²) >= 11 is 0. The highest BCUT2D eigenvalue weighted by Crippen LogP contribution is 2.31. The third-order valence-corrected chi connectivity index (χ3v) is 3.21. The minimum absolute atomic E-state index is 0.801. The Hall–Kier alpha value is -0.300. The fourth-order valence-electron chi connectivity index (χ4n) is 2.56. The molecule has 11 heavy (non-hydrogen) atoms. The lowest BCUT2D eigenvalue weighted by atomic mass is 9.93. The summed E-state index contributed by atoms with van der Waals surface area (Å²) in [5, 5.41) is 0. The maximum absolute atomic E-state index is 3.91. The van der Waals surface area contributed by atoms with Crippen molar-refractivity contribution >= 4 is 0 Å². The van der Waals surface area contributed by atoms with Crippen LogP contribution in [-0.2, 0) is 0 Å². The lowest BCUT2D eigenvalue weighted by Crippen LogP contribution is -2.36. The van der Waals surface area contributed by atoms with Crippen molar-refractivity contribution in [2.75, 3.05) is 13.1 Å². The molecule has 0 N–H and O–H groups in total. The molecule has 0 unspecified atom stereocenters. The maximum atomic E-state index is 3.91. The SMILES string of the molecule is C=C[C@H]1CCN2CCCC[C@@H]12. The molecule has 2 saturated heterocycles. The van der Waals surface area contributed by atoms with Gasteiger partial charge in [-0.05, 0) is 38.3 Å². The van der Waals surface area contributed by atoms with E-state index in [0.717, 1.165) is 12.0 Å². The molecule has 0 bridgehead atoms. The van der Waals surface area contributed by atoms with E-state index in [9.17, 15) is 0 Å². The summed E-state index contributed by atoms with van der Waals surface area (Å²) in [6.07, 6.45) is 7.78. The molecule has 2 heterocycles. The highest BCUT2D eigenvalue weighted by molar-refractivity contribution is 4.97. The molecule has 0 aromatic heterocycles. The summed E-state index contributed by atoms with van der Waals surface area (Å²) in [6, 6.07) is 0.862. The fourth-order valence-corrected chi connectivity index (χ4v) is 2.56. The summed E-state index contributed by atoms with van der Waals surface area (Å²) in [5.41, 5.74) is 0. The zero-order valence-electron chi connectivity index (χ0n) is 7.13. The molecular weight excluding hydrogens is 134 g/mol. The Morgan fingerprint density at radius 1 is 1.18 bits per heavy atom. The fraction of sp³-hybridized carbons (Fsp3) is 0.800. The van der Waals surface area contributed by atoms with Gasteiger partial charge in [0.15, 0.2) is 0 Å². The predicted molar refractivity (Wildman–Crippen MR) is 47.5 cm³/mol. The van der Waals surface area contributed by atoms with Crippen LogP contribution in [0.2, 0.25) is 0 Å². The number of nitrogens with zero attached hydrogens (tertiary/aromatic N) is 1. The van der Waals surface area contributed by atoms with Gasteiger partial charge in [0, 0.05) is 6.04 Å². The van der Waals surface area contributed by atoms with Crippen LogP contribution in [0.4, 0.5) is 0 Å². The molecule has 0 spiro atoms. The second-order valence-electron chi connectivity index (χ2n) is 3.79. The van der Waals surface area contributed by atoms with E-state index in [0.29, 0.717) is 0 Å². The number of hydrogen-bond acceptors (Lipinski definition) is 1. The molecule has 0 amide bonds. The van der Waals surface area contributed by atoms with Gasteiger partial charge in [0.25, 0.3) is 0 Å². The third kappa shape index (κ3) is 1.22.